The van der Waals surface area contributed by atoms with Gasteiger partial charge in [0.2, 0.25) is 0 Å². The largest absolute Gasteiger partial charge is 0.454 e. The Morgan fingerprint density at radius 3 is 2.27 bits per heavy atom. The Hall–Kier alpha value is -2.00. The summed E-state index contributed by atoms with van der Waals surface area (Å²) in [4.78, 5) is 24.9. The molecule has 1 saturated heterocycles. The molecule has 8 heteroatoms. The molecule has 0 amide bonds. The van der Waals surface area contributed by atoms with E-state index in [-0.39, 0.29) is 12.5 Å². The number of allylic oxidation sites excluding steroid dienone is 2. The molecule has 1 heterocycles. The minimum atomic E-state index is -1.44. The fourth-order valence-electron chi connectivity index (χ4n) is 3.95. The zero-order chi connectivity index (χ0) is 25.3. The number of esters is 2. The van der Waals surface area contributed by atoms with E-state index in [0.29, 0.717) is 23.1 Å². The summed E-state index contributed by atoms with van der Waals surface area (Å²) in [6.07, 6.45) is -1.05. The molecule has 0 aromatic rings. The molecule has 2 fully saturated rings. The molecule has 2 aliphatic rings. The van der Waals surface area contributed by atoms with E-state index < -0.39 is 53.5 Å². The summed E-state index contributed by atoms with van der Waals surface area (Å²) in [5, 5.41) is 31.9. The van der Waals surface area contributed by atoms with Gasteiger partial charge >= 0.3 is 11.9 Å². The minimum Gasteiger partial charge on any atom is -0.454 e. The van der Waals surface area contributed by atoms with E-state index in [4.69, 9.17) is 14.2 Å². The third kappa shape index (κ3) is 5.93. The number of rotatable bonds is 9. The van der Waals surface area contributed by atoms with Crippen molar-refractivity contribution < 1.29 is 39.1 Å². The number of fused-ring (bicyclic) bond motifs is 1. The number of hydrogen-bond donors (Lipinski definition) is 3. The molecule has 0 unspecified atom stereocenters. The summed E-state index contributed by atoms with van der Waals surface area (Å²) in [6, 6.07) is 0. The molecule has 0 bridgehead atoms. The fourth-order valence-corrected chi connectivity index (χ4v) is 3.95. The van der Waals surface area contributed by atoms with Crippen molar-refractivity contribution in [3.8, 4) is 0 Å². The van der Waals surface area contributed by atoms with Gasteiger partial charge in [0.05, 0.1) is 17.8 Å². The molecule has 7 atom stereocenters. The van der Waals surface area contributed by atoms with Crippen LogP contribution >= 0.6 is 0 Å². The number of aliphatic hydroxyl groups excluding tert-OH is 2. The predicted octanol–water partition coefficient (Wildman–Crippen LogP) is 2.36. The Kier molecular flexibility index (Phi) is 8.33. The van der Waals surface area contributed by atoms with Gasteiger partial charge in [-0.25, -0.2) is 9.59 Å². The number of epoxide rings is 1. The first-order valence-electron chi connectivity index (χ1n) is 11.3. The van der Waals surface area contributed by atoms with Crippen molar-refractivity contribution in [2.75, 3.05) is 0 Å². The number of carbonyl (C=O) groups excluding carboxylic acids is 2. The average molecular weight is 467 g/mol. The number of ether oxygens (including phenoxy) is 3. The molecule has 3 N–H and O–H groups in total. The quantitative estimate of drug-likeness (QED) is 0.205. The van der Waals surface area contributed by atoms with Crippen LogP contribution in [0.3, 0.4) is 0 Å². The van der Waals surface area contributed by atoms with Crippen LogP contribution < -0.4 is 0 Å². The van der Waals surface area contributed by atoms with Crippen LogP contribution in [0.4, 0.5) is 0 Å². The summed E-state index contributed by atoms with van der Waals surface area (Å²) >= 11 is 0. The Balaban J connectivity index is 2.30. The zero-order valence-corrected chi connectivity index (χ0v) is 20.6. The van der Waals surface area contributed by atoms with Crippen molar-refractivity contribution in [2.45, 2.75) is 103 Å². The second-order valence-corrected chi connectivity index (χ2v) is 9.77. The summed E-state index contributed by atoms with van der Waals surface area (Å²) in [7, 11) is 0. The maximum absolute atomic E-state index is 12.5. The summed E-state index contributed by atoms with van der Waals surface area (Å²) in [5.41, 5.74) is -1.09. The Labute approximate surface area is 195 Å². The van der Waals surface area contributed by atoms with Crippen LogP contribution in [0.1, 0.15) is 61.3 Å². The normalized spacial score (nSPS) is 31.8. The van der Waals surface area contributed by atoms with E-state index in [9.17, 15) is 24.9 Å². The third-order valence-electron chi connectivity index (χ3n) is 6.87. The summed E-state index contributed by atoms with van der Waals surface area (Å²) < 4.78 is 17.0. The van der Waals surface area contributed by atoms with Gasteiger partial charge in [-0.1, -0.05) is 18.7 Å². The van der Waals surface area contributed by atoms with Gasteiger partial charge in [0.15, 0.2) is 6.10 Å². The molecule has 1 aliphatic heterocycles. The number of hydrogen-bond acceptors (Lipinski definition) is 8. The highest BCUT2D eigenvalue weighted by Crippen LogP contribution is 2.52. The van der Waals surface area contributed by atoms with Crippen LogP contribution in [0, 0.1) is 5.92 Å². The van der Waals surface area contributed by atoms with E-state index in [1.165, 1.54) is 13.8 Å². The van der Waals surface area contributed by atoms with Gasteiger partial charge in [-0.2, -0.15) is 0 Å². The lowest BCUT2D eigenvalue weighted by atomic mass is 9.73. The van der Waals surface area contributed by atoms with E-state index in [1.54, 1.807) is 46.8 Å². The molecule has 2 rings (SSSR count). The molecule has 0 aromatic carbocycles. The summed E-state index contributed by atoms with van der Waals surface area (Å²) in [6.45, 7) is 15.4. The van der Waals surface area contributed by atoms with Gasteiger partial charge in [0.1, 0.15) is 17.8 Å². The van der Waals surface area contributed by atoms with Crippen LogP contribution in [0.5, 0.6) is 0 Å². The highest BCUT2D eigenvalue weighted by atomic mass is 16.7. The average Bonchev–Trinajstić information content (AvgIpc) is 3.43. The van der Waals surface area contributed by atoms with Crippen LogP contribution in [0.15, 0.2) is 35.5 Å². The van der Waals surface area contributed by atoms with Crippen LogP contribution in [-0.4, -0.2) is 69.0 Å². The SMILES string of the molecule is C=C([C@H](C[C@H](O)C(C)(C)O)OC(=O)C(C)=CC)[C@@H]1C[C@@H]2O[C@]2(C)[C@@H](OC(=O)C(C)=CC)[C@H]1O. The first-order valence-corrected chi connectivity index (χ1v) is 11.3. The van der Waals surface area contributed by atoms with E-state index in [2.05, 4.69) is 6.58 Å². The van der Waals surface area contributed by atoms with E-state index >= 15 is 0 Å². The molecular formula is C25H38O8. The maximum Gasteiger partial charge on any atom is 0.333 e. The molecule has 8 nitrogen and oxygen atoms in total. The zero-order valence-electron chi connectivity index (χ0n) is 20.6. The van der Waals surface area contributed by atoms with Crippen molar-refractivity contribution in [1.82, 2.24) is 0 Å². The van der Waals surface area contributed by atoms with Gasteiger partial charge in [-0.3, -0.25) is 0 Å². The molecule has 0 spiro atoms. The molecule has 186 valence electrons. The number of carbonyl (C=O) groups is 2. The summed E-state index contributed by atoms with van der Waals surface area (Å²) in [5.74, 6) is -1.75. The Morgan fingerprint density at radius 2 is 1.76 bits per heavy atom. The first kappa shape index (κ1) is 27.2. The lowest BCUT2D eigenvalue weighted by molar-refractivity contribution is -0.160. The van der Waals surface area contributed by atoms with Crippen LogP contribution in [0.25, 0.3) is 0 Å². The maximum atomic E-state index is 12.5. The van der Waals surface area contributed by atoms with Gasteiger partial charge in [0, 0.05) is 23.5 Å². The fraction of sp³-hybridized carbons (Fsp3) is 0.680. The Morgan fingerprint density at radius 1 is 1.21 bits per heavy atom. The smallest absolute Gasteiger partial charge is 0.333 e. The van der Waals surface area contributed by atoms with Gasteiger partial charge < -0.3 is 29.5 Å². The van der Waals surface area contributed by atoms with Gasteiger partial charge in [-0.05, 0) is 60.5 Å². The van der Waals surface area contributed by atoms with Crippen molar-refractivity contribution >= 4 is 11.9 Å². The molecular weight excluding hydrogens is 428 g/mol. The van der Waals surface area contributed by atoms with Crippen molar-refractivity contribution in [2.24, 2.45) is 5.92 Å². The van der Waals surface area contributed by atoms with Crippen molar-refractivity contribution in [3.63, 3.8) is 0 Å². The second-order valence-electron chi connectivity index (χ2n) is 9.77. The topological polar surface area (TPSA) is 126 Å². The first-order chi connectivity index (χ1) is 15.2. The molecule has 33 heavy (non-hydrogen) atoms. The monoisotopic (exact) mass is 466 g/mol. The van der Waals surface area contributed by atoms with Gasteiger partial charge in [0.25, 0.3) is 0 Å². The van der Waals surface area contributed by atoms with E-state index in [0.717, 1.165) is 0 Å². The Bertz CT molecular complexity index is 836. The van der Waals surface area contributed by atoms with Crippen molar-refractivity contribution in [3.05, 3.63) is 35.5 Å². The third-order valence-corrected chi connectivity index (χ3v) is 6.87. The molecule has 0 radical (unpaired) electrons. The van der Waals surface area contributed by atoms with E-state index in [1.807, 2.05) is 0 Å². The van der Waals surface area contributed by atoms with Crippen LogP contribution in [0.2, 0.25) is 0 Å². The standard InChI is InChI=1S/C25H38O8/c1-9-13(3)22(28)31-17(12-18(26)24(6,7)30)15(5)16-11-19-25(8,33-19)21(20(16)27)32-23(29)14(4)10-2/h9-10,16-21,26-27,30H,5,11-12H2,1-4,6-8H3/t16-,17-,18-,19-,20-,21-,25-/m0/s1. The molecule has 0 aromatic heterocycles. The highest BCUT2D eigenvalue weighted by molar-refractivity contribution is 5.88. The number of aliphatic hydroxyl groups is 3. The lowest BCUT2D eigenvalue weighted by Gasteiger charge is -2.39. The molecule has 1 saturated carbocycles. The minimum absolute atomic E-state index is 0.112. The predicted molar refractivity (Wildman–Crippen MR) is 122 cm³/mol. The van der Waals surface area contributed by atoms with Crippen LogP contribution in [-0.2, 0) is 23.8 Å². The molecule has 1 aliphatic carbocycles. The second kappa shape index (κ2) is 10.1. The van der Waals surface area contributed by atoms with Gasteiger partial charge in [-0.15, -0.1) is 0 Å². The highest BCUT2D eigenvalue weighted by Gasteiger charge is 2.67. The van der Waals surface area contributed by atoms with Crippen molar-refractivity contribution in [1.29, 1.82) is 0 Å². The lowest BCUT2D eigenvalue weighted by Crippen LogP contribution is -2.52.